The number of nitrogens with zero attached hydrogens (tertiary/aromatic N) is 3. The zero-order valence-corrected chi connectivity index (χ0v) is 15.8. The Hall–Kier alpha value is -3.18. The Bertz CT molecular complexity index is 626. The van der Waals surface area contributed by atoms with Crippen LogP contribution in [0.4, 0.5) is 5.69 Å². The van der Waals surface area contributed by atoms with Crippen LogP contribution in [0.2, 0.25) is 0 Å². The molecule has 0 spiro atoms. The molecule has 0 aliphatic heterocycles. The van der Waals surface area contributed by atoms with Gasteiger partial charge in [-0.1, -0.05) is 18.2 Å². The Kier molecular flexibility index (Phi) is 10.1. The minimum absolute atomic E-state index is 0.144. The third-order valence-corrected chi connectivity index (χ3v) is 3.93. The molecule has 4 N–H and O–H groups in total. The van der Waals surface area contributed by atoms with Gasteiger partial charge in [0.2, 0.25) is 0 Å². The van der Waals surface area contributed by atoms with E-state index < -0.39 is 50.1 Å². The standard InChI is InChI=1S/C18H25N3O8/c22-15(23)10-19(11-16(24)25)6-8-21(14-4-2-1-3-5-14)9-7-20(12-17(26)27)13-18(28)29/h1-5H,6-13H2,(H,22,23)(H,24,25)(H,26,27)(H,28,29). The molecule has 0 aliphatic rings. The first-order valence-electron chi connectivity index (χ1n) is 8.79. The lowest BCUT2D eigenvalue weighted by atomic mass is 10.2. The minimum atomic E-state index is -1.15. The molecule has 0 heterocycles. The third-order valence-electron chi connectivity index (χ3n) is 3.93. The van der Waals surface area contributed by atoms with Gasteiger partial charge in [0.25, 0.3) is 0 Å². The van der Waals surface area contributed by atoms with E-state index in [1.807, 2.05) is 11.0 Å². The first-order chi connectivity index (χ1) is 13.7. The van der Waals surface area contributed by atoms with E-state index in [-0.39, 0.29) is 26.2 Å². The van der Waals surface area contributed by atoms with E-state index in [0.717, 1.165) is 5.69 Å². The summed E-state index contributed by atoms with van der Waals surface area (Å²) >= 11 is 0. The molecule has 1 aromatic carbocycles. The normalized spacial score (nSPS) is 10.8. The third kappa shape index (κ3) is 10.7. The predicted octanol–water partition coefficient (Wildman–Crippen LogP) is -0.565. The molecular formula is C18H25N3O8. The molecule has 29 heavy (non-hydrogen) atoms. The molecule has 0 amide bonds. The summed E-state index contributed by atoms with van der Waals surface area (Å²) in [6.45, 7) is -0.885. The highest BCUT2D eigenvalue weighted by atomic mass is 16.4. The first-order valence-corrected chi connectivity index (χ1v) is 8.79. The lowest BCUT2D eigenvalue weighted by Crippen LogP contribution is -2.44. The van der Waals surface area contributed by atoms with Gasteiger partial charge in [-0.05, 0) is 12.1 Å². The van der Waals surface area contributed by atoms with Crippen molar-refractivity contribution in [2.45, 2.75) is 0 Å². The Morgan fingerprint density at radius 3 is 1.24 bits per heavy atom. The number of hydrogen-bond donors (Lipinski definition) is 4. The second kappa shape index (κ2) is 12.3. The van der Waals surface area contributed by atoms with E-state index in [4.69, 9.17) is 20.4 Å². The van der Waals surface area contributed by atoms with Gasteiger partial charge in [-0.15, -0.1) is 0 Å². The van der Waals surface area contributed by atoms with Crippen LogP contribution in [0.25, 0.3) is 0 Å². The number of hydrogen-bond acceptors (Lipinski definition) is 7. The predicted molar refractivity (Wildman–Crippen MR) is 102 cm³/mol. The number of carboxylic acids is 4. The Morgan fingerprint density at radius 1 is 0.586 bits per heavy atom. The molecule has 0 saturated carbocycles. The van der Waals surface area contributed by atoms with E-state index in [1.165, 1.54) is 9.80 Å². The van der Waals surface area contributed by atoms with Crippen LogP contribution in [0.15, 0.2) is 30.3 Å². The van der Waals surface area contributed by atoms with Gasteiger partial charge in [-0.2, -0.15) is 0 Å². The lowest BCUT2D eigenvalue weighted by Gasteiger charge is -2.30. The van der Waals surface area contributed by atoms with Crippen LogP contribution in [0.5, 0.6) is 0 Å². The summed E-state index contributed by atoms with van der Waals surface area (Å²) in [4.78, 5) is 48.2. The monoisotopic (exact) mass is 411 g/mol. The Balaban J connectivity index is 2.85. The SMILES string of the molecule is O=C(O)CN(CCN(CCN(CC(=O)O)CC(=O)O)c1ccccc1)CC(=O)O. The van der Waals surface area contributed by atoms with Crippen molar-refractivity contribution in [1.29, 1.82) is 0 Å². The van der Waals surface area contributed by atoms with Crippen molar-refractivity contribution >= 4 is 29.6 Å². The van der Waals surface area contributed by atoms with Gasteiger partial charge in [0.1, 0.15) is 0 Å². The summed E-state index contributed by atoms with van der Waals surface area (Å²) in [6.07, 6.45) is 0. The van der Waals surface area contributed by atoms with E-state index in [2.05, 4.69) is 0 Å². The maximum absolute atomic E-state index is 11.0. The summed E-state index contributed by atoms with van der Waals surface area (Å²) in [5, 5.41) is 35.8. The van der Waals surface area contributed by atoms with Gasteiger partial charge in [0.15, 0.2) is 0 Å². The van der Waals surface area contributed by atoms with Gasteiger partial charge >= 0.3 is 23.9 Å². The molecule has 0 saturated heterocycles. The number of anilines is 1. The van der Waals surface area contributed by atoms with Gasteiger partial charge in [-0.25, -0.2) is 0 Å². The summed E-state index contributed by atoms with van der Waals surface area (Å²) < 4.78 is 0. The first kappa shape index (κ1) is 23.9. The van der Waals surface area contributed by atoms with E-state index >= 15 is 0 Å². The summed E-state index contributed by atoms with van der Waals surface area (Å²) in [6, 6.07) is 9.00. The van der Waals surface area contributed by atoms with Crippen LogP contribution < -0.4 is 4.90 Å². The van der Waals surface area contributed by atoms with Gasteiger partial charge in [0, 0.05) is 31.9 Å². The minimum Gasteiger partial charge on any atom is -0.480 e. The highest BCUT2D eigenvalue weighted by Gasteiger charge is 2.18. The second-order valence-electron chi connectivity index (χ2n) is 6.32. The number of para-hydroxylation sites is 1. The van der Waals surface area contributed by atoms with Crippen molar-refractivity contribution in [1.82, 2.24) is 9.80 Å². The molecular weight excluding hydrogens is 386 g/mol. The van der Waals surface area contributed by atoms with Crippen LogP contribution in [-0.2, 0) is 19.2 Å². The molecule has 0 unspecified atom stereocenters. The Morgan fingerprint density at radius 2 is 0.931 bits per heavy atom. The molecule has 0 aliphatic carbocycles. The van der Waals surface area contributed by atoms with Crippen molar-refractivity contribution in [2.75, 3.05) is 57.3 Å². The topological polar surface area (TPSA) is 159 Å². The van der Waals surface area contributed by atoms with Crippen molar-refractivity contribution in [2.24, 2.45) is 0 Å². The number of aliphatic carboxylic acids is 4. The number of carbonyl (C=O) groups is 4. The van der Waals surface area contributed by atoms with Gasteiger partial charge in [-0.3, -0.25) is 29.0 Å². The van der Waals surface area contributed by atoms with Crippen LogP contribution in [0.1, 0.15) is 0 Å². The van der Waals surface area contributed by atoms with Gasteiger partial charge in [0.05, 0.1) is 26.2 Å². The summed E-state index contributed by atoms with van der Waals surface area (Å²) in [7, 11) is 0. The molecule has 1 aromatic rings. The highest BCUT2D eigenvalue weighted by molar-refractivity contribution is 5.73. The van der Waals surface area contributed by atoms with Crippen LogP contribution in [0.3, 0.4) is 0 Å². The molecule has 0 atom stereocenters. The molecule has 160 valence electrons. The van der Waals surface area contributed by atoms with E-state index in [1.54, 1.807) is 24.3 Å². The zero-order valence-electron chi connectivity index (χ0n) is 15.8. The van der Waals surface area contributed by atoms with E-state index in [9.17, 15) is 19.2 Å². The fourth-order valence-electron chi connectivity index (χ4n) is 2.73. The smallest absolute Gasteiger partial charge is 0.317 e. The van der Waals surface area contributed by atoms with Crippen molar-refractivity contribution in [3.05, 3.63) is 30.3 Å². The molecule has 11 heteroatoms. The maximum Gasteiger partial charge on any atom is 0.317 e. The second-order valence-corrected chi connectivity index (χ2v) is 6.32. The molecule has 0 radical (unpaired) electrons. The highest BCUT2D eigenvalue weighted by Crippen LogP contribution is 2.13. The van der Waals surface area contributed by atoms with Crippen LogP contribution >= 0.6 is 0 Å². The number of carboxylic acid groups (broad SMARTS) is 4. The summed E-state index contributed by atoms with van der Waals surface area (Å²) in [5.41, 5.74) is 0.767. The fourth-order valence-corrected chi connectivity index (χ4v) is 2.73. The largest absolute Gasteiger partial charge is 0.480 e. The van der Waals surface area contributed by atoms with Crippen molar-refractivity contribution in [3.8, 4) is 0 Å². The molecule has 11 nitrogen and oxygen atoms in total. The molecule has 0 aromatic heterocycles. The average molecular weight is 411 g/mol. The van der Waals surface area contributed by atoms with Crippen molar-refractivity contribution < 1.29 is 39.6 Å². The van der Waals surface area contributed by atoms with Crippen LogP contribution in [-0.4, -0.2) is 106 Å². The van der Waals surface area contributed by atoms with E-state index in [0.29, 0.717) is 0 Å². The van der Waals surface area contributed by atoms with Crippen molar-refractivity contribution in [3.63, 3.8) is 0 Å². The summed E-state index contributed by atoms with van der Waals surface area (Å²) in [5.74, 6) is -4.59. The maximum atomic E-state index is 11.0. The number of rotatable bonds is 15. The molecule has 0 fully saturated rings. The van der Waals surface area contributed by atoms with Crippen LogP contribution in [0, 0.1) is 0 Å². The average Bonchev–Trinajstić information content (AvgIpc) is 2.60. The molecule has 1 rings (SSSR count). The zero-order chi connectivity index (χ0) is 21.8. The Labute approximate surface area is 167 Å². The quantitative estimate of drug-likeness (QED) is 0.293. The fraction of sp³-hybridized carbons (Fsp3) is 0.444. The van der Waals surface area contributed by atoms with Gasteiger partial charge < -0.3 is 25.3 Å². The number of benzene rings is 1. The lowest BCUT2D eigenvalue weighted by molar-refractivity contribution is -0.143. The molecule has 0 bridgehead atoms.